The Morgan fingerprint density at radius 1 is 1.30 bits per heavy atom. The number of nitrogens with zero attached hydrogens (tertiary/aromatic N) is 3. The second kappa shape index (κ2) is 5.87. The maximum atomic E-state index is 11.6. The lowest BCUT2D eigenvalue weighted by Crippen LogP contribution is -2.07. The number of esters is 1. The molecule has 0 radical (unpaired) electrons. The van der Waals surface area contributed by atoms with Crippen molar-refractivity contribution in [2.45, 2.75) is 24.0 Å². The molecule has 0 bridgehead atoms. The van der Waals surface area contributed by atoms with Crippen LogP contribution in [0, 0.1) is 13.8 Å². The number of hydrogen-bond acceptors (Lipinski definition) is 7. The summed E-state index contributed by atoms with van der Waals surface area (Å²) in [4.78, 5) is 24.3. The van der Waals surface area contributed by atoms with Crippen molar-refractivity contribution in [1.82, 2.24) is 15.0 Å². The van der Waals surface area contributed by atoms with E-state index < -0.39 is 5.97 Å². The molecular weight excluding hydrogens is 276 g/mol. The van der Waals surface area contributed by atoms with Gasteiger partial charge in [-0.15, -0.1) is 0 Å². The van der Waals surface area contributed by atoms with Gasteiger partial charge in [-0.25, -0.2) is 19.7 Å². The van der Waals surface area contributed by atoms with Gasteiger partial charge < -0.3 is 10.5 Å². The highest BCUT2D eigenvalue weighted by atomic mass is 32.2. The average molecular weight is 290 g/mol. The Balaban J connectivity index is 2.36. The molecule has 2 rings (SSSR count). The third kappa shape index (κ3) is 3.05. The predicted molar refractivity (Wildman–Crippen MR) is 75.6 cm³/mol. The number of carbonyl (C=O) groups excluding carboxylic acids is 1. The topological polar surface area (TPSA) is 91.0 Å². The number of methoxy groups -OCH3 is 1. The first kappa shape index (κ1) is 14.3. The van der Waals surface area contributed by atoms with Crippen LogP contribution in [0.25, 0.3) is 0 Å². The van der Waals surface area contributed by atoms with Crippen LogP contribution >= 0.6 is 11.8 Å². The quantitative estimate of drug-likeness (QED) is 0.683. The van der Waals surface area contributed by atoms with E-state index in [0.29, 0.717) is 10.2 Å². The number of carbonyl (C=O) groups is 1. The minimum atomic E-state index is -0.493. The van der Waals surface area contributed by atoms with Crippen LogP contribution in [-0.4, -0.2) is 28.0 Å². The Kier molecular flexibility index (Phi) is 4.19. The van der Waals surface area contributed by atoms with Gasteiger partial charge in [-0.05, 0) is 37.7 Å². The summed E-state index contributed by atoms with van der Waals surface area (Å²) in [5.74, 6) is -0.493. The highest BCUT2D eigenvalue weighted by molar-refractivity contribution is 7.99. The summed E-state index contributed by atoms with van der Waals surface area (Å²) in [6.07, 6.45) is 1.51. The number of rotatable bonds is 3. The Morgan fingerprint density at radius 2 is 1.95 bits per heavy atom. The molecule has 0 aliphatic carbocycles. The molecule has 2 aromatic heterocycles. The Morgan fingerprint density at radius 3 is 2.55 bits per heavy atom. The Labute approximate surface area is 120 Å². The molecule has 0 aromatic carbocycles. The van der Waals surface area contributed by atoms with Crippen LogP contribution in [0.5, 0.6) is 0 Å². The summed E-state index contributed by atoms with van der Waals surface area (Å²) >= 11 is 1.22. The fourth-order valence-electron chi connectivity index (χ4n) is 1.65. The molecular formula is C13H14N4O2S. The van der Waals surface area contributed by atoms with Crippen molar-refractivity contribution < 1.29 is 9.53 Å². The second-order valence-electron chi connectivity index (χ2n) is 4.10. The van der Waals surface area contributed by atoms with Gasteiger partial charge in [0.2, 0.25) is 0 Å². The lowest BCUT2D eigenvalue weighted by atomic mass is 10.2. The zero-order chi connectivity index (χ0) is 14.7. The zero-order valence-electron chi connectivity index (χ0n) is 11.4. The zero-order valence-corrected chi connectivity index (χ0v) is 12.2. The van der Waals surface area contributed by atoms with E-state index in [2.05, 4.69) is 19.7 Å². The fraction of sp³-hybridized carbons (Fsp3) is 0.231. The van der Waals surface area contributed by atoms with E-state index in [-0.39, 0.29) is 11.3 Å². The number of pyridine rings is 1. The van der Waals surface area contributed by atoms with Crippen LogP contribution in [-0.2, 0) is 4.74 Å². The average Bonchev–Trinajstić information content (AvgIpc) is 2.39. The SMILES string of the molecule is COC(=O)c1ccnc(Sc2nc(C)cc(C)n2)c1N. The molecule has 0 aliphatic rings. The van der Waals surface area contributed by atoms with E-state index in [4.69, 9.17) is 5.73 Å². The van der Waals surface area contributed by atoms with Crippen LogP contribution in [0.4, 0.5) is 5.69 Å². The van der Waals surface area contributed by atoms with Gasteiger partial charge in [0.1, 0.15) is 5.03 Å². The van der Waals surface area contributed by atoms with Crippen LogP contribution in [0.1, 0.15) is 21.7 Å². The maximum Gasteiger partial charge on any atom is 0.340 e. The smallest absolute Gasteiger partial charge is 0.340 e. The molecule has 0 saturated carbocycles. The van der Waals surface area contributed by atoms with Crippen LogP contribution in [0.3, 0.4) is 0 Å². The largest absolute Gasteiger partial charge is 0.465 e. The first-order valence-corrected chi connectivity index (χ1v) is 6.66. The van der Waals surface area contributed by atoms with Gasteiger partial charge in [0.05, 0.1) is 18.4 Å². The molecule has 7 heteroatoms. The van der Waals surface area contributed by atoms with Gasteiger partial charge in [-0.2, -0.15) is 0 Å². The number of anilines is 1. The number of nitrogen functional groups attached to an aromatic ring is 1. The molecule has 2 N–H and O–H groups in total. The monoisotopic (exact) mass is 290 g/mol. The summed E-state index contributed by atoms with van der Waals surface area (Å²) in [6.45, 7) is 3.78. The molecule has 6 nitrogen and oxygen atoms in total. The highest BCUT2D eigenvalue weighted by Crippen LogP contribution is 2.30. The molecule has 104 valence electrons. The van der Waals surface area contributed by atoms with Gasteiger partial charge in [-0.3, -0.25) is 0 Å². The third-order valence-corrected chi connectivity index (χ3v) is 3.39. The lowest BCUT2D eigenvalue weighted by molar-refractivity contribution is 0.0601. The first-order chi connectivity index (χ1) is 9.51. The number of hydrogen-bond donors (Lipinski definition) is 1. The molecule has 0 fully saturated rings. The predicted octanol–water partition coefficient (Wildman–Crippen LogP) is 2.01. The first-order valence-electron chi connectivity index (χ1n) is 5.84. The van der Waals surface area contributed by atoms with Crippen molar-refractivity contribution in [3.8, 4) is 0 Å². The van der Waals surface area contributed by atoms with Crippen molar-refractivity contribution in [2.75, 3.05) is 12.8 Å². The highest BCUT2D eigenvalue weighted by Gasteiger charge is 2.15. The molecule has 0 saturated heterocycles. The van der Waals surface area contributed by atoms with Crippen molar-refractivity contribution in [3.63, 3.8) is 0 Å². The Bertz CT molecular complexity index is 641. The number of ether oxygens (including phenoxy) is 1. The fourth-order valence-corrected chi connectivity index (χ4v) is 2.53. The standard InChI is InChI=1S/C13H14N4O2S/c1-7-6-8(2)17-13(16-7)20-11-10(14)9(4-5-15-11)12(18)19-3/h4-6H,14H2,1-3H3. The van der Waals surface area contributed by atoms with Crippen LogP contribution in [0.15, 0.2) is 28.5 Å². The number of aryl methyl sites for hydroxylation is 2. The van der Waals surface area contributed by atoms with E-state index in [1.54, 1.807) is 0 Å². The normalized spacial score (nSPS) is 10.3. The summed E-state index contributed by atoms with van der Waals surface area (Å²) < 4.78 is 4.67. The lowest BCUT2D eigenvalue weighted by Gasteiger charge is -2.08. The van der Waals surface area contributed by atoms with Gasteiger partial charge in [-0.1, -0.05) is 0 Å². The minimum absolute atomic E-state index is 0.270. The maximum absolute atomic E-state index is 11.6. The number of aromatic nitrogens is 3. The van der Waals surface area contributed by atoms with E-state index in [0.717, 1.165) is 11.4 Å². The molecule has 0 spiro atoms. The third-order valence-electron chi connectivity index (χ3n) is 2.51. The molecule has 0 unspecified atom stereocenters. The molecule has 2 heterocycles. The summed E-state index contributed by atoms with van der Waals surface area (Å²) in [5, 5.41) is 1.03. The Hall–Kier alpha value is -2.15. The van der Waals surface area contributed by atoms with Gasteiger partial charge in [0, 0.05) is 17.6 Å². The van der Waals surface area contributed by atoms with E-state index in [9.17, 15) is 4.79 Å². The van der Waals surface area contributed by atoms with Crippen LogP contribution < -0.4 is 5.73 Å². The second-order valence-corrected chi connectivity index (χ2v) is 5.06. The van der Waals surface area contributed by atoms with Crippen molar-refractivity contribution in [2.24, 2.45) is 0 Å². The van der Waals surface area contributed by atoms with Crippen LogP contribution in [0.2, 0.25) is 0 Å². The number of nitrogens with two attached hydrogens (primary N) is 1. The summed E-state index contributed by atoms with van der Waals surface area (Å²) in [7, 11) is 1.31. The molecule has 0 amide bonds. The van der Waals surface area contributed by atoms with Gasteiger partial charge in [0.15, 0.2) is 5.16 Å². The summed E-state index contributed by atoms with van der Waals surface area (Å²) in [5.41, 5.74) is 8.23. The van der Waals surface area contributed by atoms with E-state index >= 15 is 0 Å². The van der Waals surface area contributed by atoms with Crippen molar-refractivity contribution in [3.05, 3.63) is 35.3 Å². The van der Waals surface area contributed by atoms with Crippen molar-refractivity contribution >= 4 is 23.4 Å². The summed E-state index contributed by atoms with van der Waals surface area (Å²) in [6, 6.07) is 3.40. The van der Waals surface area contributed by atoms with E-state index in [1.807, 2.05) is 19.9 Å². The minimum Gasteiger partial charge on any atom is -0.465 e. The van der Waals surface area contributed by atoms with Crippen molar-refractivity contribution in [1.29, 1.82) is 0 Å². The van der Waals surface area contributed by atoms with Gasteiger partial charge in [0.25, 0.3) is 0 Å². The molecule has 20 heavy (non-hydrogen) atoms. The molecule has 0 aliphatic heterocycles. The van der Waals surface area contributed by atoms with E-state index in [1.165, 1.54) is 31.1 Å². The molecule has 0 atom stereocenters. The van der Waals surface area contributed by atoms with Gasteiger partial charge >= 0.3 is 5.97 Å². The molecule has 2 aromatic rings.